The fourth-order valence-electron chi connectivity index (χ4n) is 2.95. The summed E-state index contributed by atoms with van der Waals surface area (Å²) >= 11 is 1.24. The van der Waals surface area contributed by atoms with E-state index in [1.54, 1.807) is 16.5 Å². The second kappa shape index (κ2) is 7.12. The molecule has 10 heteroatoms. The lowest BCUT2D eigenvalue weighted by atomic mass is 10.1. The standard InChI is InChI=1S/C18H17N5O4S/c1-9-4-10(2)23-17(19-9)21-22-18(23)28-7-16(25)20-13-6-15-14(26-8-27-15)5-12(13)11(3)24/h4-6H,7-8H2,1-3H3,(H,20,25). The van der Waals surface area contributed by atoms with Crippen LogP contribution in [0.25, 0.3) is 5.78 Å². The molecule has 1 aliphatic heterocycles. The van der Waals surface area contributed by atoms with Crippen molar-refractivity contribution in [3.05, 3.63) is 35.2 Å². The molecule has 0 radical (unpaired) electrons. The first kappa shape index (κ1) is 18.2. The average Bonchev–Trinajstić information content (AvgIpc) is 3.25. The normalized spacial score (nSPS) is 12.4. The van der Waals surface area contributed by atoms with Crippen molar-refractivity contribution in [2.24, 2.45) is 0 Å². The molecule has 0 saturated heterocycles. The van der Waals surface area contributed by atoms with Crippen molar-refractivity contribution < 1.29 is 19.1 Å². The van der Waals surface area contributed by atoms with E-state index in [1.807, 2.05) is 19.9 Å². The summed E-state index contributed by atoms with van der Waals surface area (Å²) in [6, 6.07) is 5.11. The van der Waals surface area contributed by atoms with E-state index in [2.05, 4.69) is 20.5 Å². The number of thioether (sulfide) groups is 1. The number of nitrogens with one attached hydrogen (secondary N) is 1. The topological polar surface area (TPSA) is 108 Å². The molecule has 0 saturated carbocycles. The Hall–Kier alpha value is -3.14. The van der Waals surface area contributed by atoms with Gasteiger partial charge in [0.1, 0.15) is 0 Å². The molecular weight excluding hydrogens is 382 g/mol. The molecule has 1 aromatic carbocycles. The van der Waals surface area contributed by atoms with Crippen molar-refractivity contribution in [2.75, 3.05) is 17.9 Å². The zero-order valence-corrected chi connectivity index (χ0v) is 16.3. The van der Waals surface area contributed by atoms with Gasteiger partial charge in [0.05, 0.1) is 11.4 Å². The van der Waals surface area contributed by atoms with E-state index in [0.717, 1.165) is 11.4 Å². The van der Waals surface area contributed by atoms with E-state index >= 15 is 0 Å². The Morgan fingerprint density at radius 1 is 1.18 bits per heavy atom. The maximum absolute atomic E-state index is 12.5. The lowest BCUT2D eigenvalue weighted by molar-refractivity contribution is -0.113. The van der Waals surface area contributed by atoms with Gasteiger partial charge in [-0.15, -0.1) is 10.2 Å². The summed E-state index contributed by atoms with van der Waals surface area (Å²) in [5, 5.41) is 11.5. The molecule has 1 amide bonds. The Labute approximate surface area is 164 Å². The predicted octanol–water partition coefficient (Wildman–Crippen LogP) is 2.40. The van der Waals surface area contributed by atoms with Crippen LogP contribution in [0.1, 0.15) is 28.7 Å². The van der Waals surface area contributed by atoms with E-state index in [9.17, 15) is 9.59 Å². The van der Waals surface area contributed by atoms with Crippen molar-refractivity contribution in [3.8, 4) is 11.5 Å². The first-order valence-electron chi connectivity index (χ1n) is 8.49. The van der Waals surface area contributed by atoms with Crippen LogP contribution >= 0.6 is 11.8 Å². The minimum absolute atomic E-state index is 0.0900. The number of benzene rings is 1. The van der Waals surface area contributed by atoms with Crippen LogP contribution in [0.15, 0.2) is 23.4 Å². The second-order valence-electron chi connectivity index (χ2n) is 6.30. The lowest BCUT2D eigenvalue weighted by Gasteiger charge is -2.10. The number of nitrogens with zero attached hydrogens (tertiary/aromatic N) is 4. The van der Waals surface area contributed by atoms with Crippen LogP contribution in [0.5, 0.6) is 11.5 Å². The van der Waals surface area contributed by atoms with Crippen molar-refractivity contribution in [1.29, 1.82) is 0 Å². The van der Waals surface area contributed by atoms with Gasteiger partial charge in [-0.3, -0.25) is 14.0 Å². The minimum Gasteiger partial charge on any atom is -0.454 e. The number of aryl methyl sites for hydroxylation is 2. The van der Waals surface area contributed by atoms with Crippen LogP contribution in [0.4, 0.5) is 5.69 Å². The summed E-state index contributed by atoms with van der Waals surface area (Å²) < 4.78 is 12.4. The van der Waals surface area contributed by atoms with Gasteiger partial charge < -0.3 is 14.8 Å². The van der Waals surface area contributed by atoms with Crippen molar-refractivity contribution in [2.45, 2.75) is 25.9 Å². The Bertz CT molecular complexity index is 1110. The van der Waals surface area contributed by atoms with Crippen LogP contribution in [-0.2, 0) is 4.79 Å². The molecule has 0 fully saturated rings. The van der Waals surface area contributed by atoms with Gasteiger partial charge in [-0.05, 0) is 32.9 Å². The lowest BCUT2D eigenvalue weighted by Crippen LogP contribution is -2.16. The van der Waals surface area contributed by atoms with Gasteiger partial charge in [0.25, 0.3) is 5.78 Å². The third-order valence-corrected chi connectivity index (χ3v) is 5.09. The number of aromatic nitrogens is 4. The first-order chi connectivity index (χ1) is 13.4. The van der Waals surface area contributed by atoms with E-state index < -0.39 is 0 Å². The highest BCUT2D eigenvalue weighted by atomic mass is 32.2. The van der Waals surface area contributed by atoms with Crippen LogP contribution in [-0.4, -0.2) is 43.8 Å². The molecule has 2 aromatic heterocycles. The van der Waals surface area contributed by atoms with Gasteiger partial charge in [-0.25, -0.2) is 4.98 Å². The highest BCUT2D eigenvalue weighted by Gasteiger charge is 2.21. The van der Waals surface area contributed by atoms with E-state index in [1.165, 1.54) is 18.7 Å². The number of carbonyl (C=O) groups is 2. The summed E-state index contributed by atoms with van der Waals surface area (Å²) in [5.41, 5.74) is 2.55. The number of fused-ring (bicyclic) bond motifs is 2. The first-order valence-corrected chi connectivity index (χ1v) is 9.47. The van der Waals surface area contributed by atoms with Crippen molar-refractivity contribution in [3.63, 3.8) is 0 Å². The third-order valence-electron chi connectivity index (χ3n) is 4.16. The van der Waals surface area contributed by atoms with Crippen molar-refractivity contribution in [1.82, 2.24) is 19.6 Å². The molecule has 3 aromatic rings. The molecule has 1 N–H and O–H groups in total. The predicted molar refractivity (Wildman–Crippen MR) is 102 cm³/mol. The molecule has 3 heterocycles. The monoisotopic (exact) mass is 399 g/mol. The molecule has 0 aliphatic carbocycles. The molecule has 144 valence electrons. The highest BCUT2D eigenvalue weighted by Crippen LogP contribution is 2.37. The van der Waals surface area contributed by atoms with Gasteiger partial charge in [0.2, 0.25) is 12.7 Å². The summed E-state index contributed by atoms with van der Waals surface area (Å²) in [4.78, 5) is 28.7. The van der Waals surface area contributed by atoms with E-state index in [4.69, 9.17) is 9.47 Å². The number of amides is 1. The number of Topliss-reactive ketones (excluding diaryl/α,β-unsaturated/α-hetero) is 1. The van der Waals surface area contributed by atoms with Crippen molar-refractivity contribution >= 4 is 34.9 Å². The Kier molecular flexibility index (Phi) is 4.63. The molecule has 4 rings (SSSR count). The quantitative estimate of drug-likeness (QED) is 0.515. The highest BCUT2D eigenvalue weighted by molar-refractivity contribution is 7.99. The maximum atomic E-state index is 12.5. The van der Waals surface area contributed by atoms with Crippen LogP contribution in [0.2, 0.25) is 0 Å². The number of anilines is 1. The van der Waals surface area contributed by atoms with Crippen LogP contribution < -0.4 is 14.8 Å². The van der Waals surface area contributed by atoms with Crippen LogP contribution in [0.3, 0.4) is 0 Å². The largest absolute Gasteiger partial charge is 0.454 e. The summed E-state index contributed by atoms with van der Waals surface area (Å²) in [6.45, 7) is 5.34. The maximum Gasteiger partial charge on any atom is 0.256 e. The second-order valence-corrected chi connectivity index (χ2v) is 7.24. The summed E-state index contributed by atoms with van der Waals surface area (Å²) in [6.07, 6.45) is 0. The fraction of sp³-hybridized carbons (Fsp3) is 0.278. The molecule has 28 heavy (non-hydrogen) atoms. The zero-order valence-electron chi connectivity index (χ0n) is 15.5. The number of carbonyl (C=O) groups excluding carboxylic acids is 2. The van der Waals surface area contributed by atoms with Crippen LogP contribution in [0, 0.1) is 13.8 Å². The number of ketones is 1. The molecule has 0 bridgehead atoms. The van der Waals surface area contributed by atoms with E-state index in [0.29, 0.717) is 33.7 Å². The smallest absolute Gasteiger partial charge is 0.256 e. The van der Waals surface area contributed by atoms with Gasteiger partial charge >= 0.3 is 0 Å². The minimum atomic E-state index is -0.277. The number of ether oxygens (including phenoxy) is 2. The van der Waals surface area contributed by atoms with E-state index in [-0.39, 0.29) is 24.2 Å². The number of hydrogen-bond acceptors (Lipinski definition) is 8. The fourth-order valence-corrected chi connectivity index (χ4v) is 3.73. The average molecular weight is 399 g/mol. The molecule has 0 spiro atoms. The molecule has 0 atom stereocenters. The Morgan fingerprint density at radius 2 is 1.93 bits per heavy atom. The molecule has 9 nitrogen and oxygen atoms in total. The van der Waals surface area contributed by atoms with Gasteiger partial charge in [0.15, 0.2) is 22.4 Å². The van der Waals surface area contributed by atoms with Gasteiger partial charge in [-0.1, -0.05) is 11.8 Å². The number of rotatable bonds is 5. The zero-order chi connectivity index (χ0) is 19.8. The van der Waals surface area contributed by atoms with Gasteiger partial charge in [0, 0.05) is 23.0 Å². The molecule has 1 aliphatic rings. The van der Waals surface area contributed by atoms with Gasteiger partial charge in [-0.2, -0.15) is 0 Å². The molecule has 0 unspecified atom stereocenters. The summed E-state index contributed by atoms with van der Waals surface area (Å²) in [7, 11) is 0. The third kappa shape index (κ3) is 3.38. The summed E-state index contributed by atoms with van der Waals surface area (Å²) in [5.74, 6) is 1.12. The number of hydrogen-bond donors (Lipinski definition) is 1. The molecular formula is C18H17N5O4S. The Balaban J connectivity index is 1.51. The SMILES string of the molecule is CC(=O)c1cc2c(cc1NC(=O)CSc1nnc3nc(C)cc(C)n13)OCO2. The Morgan fingerprint density at radius 3 is 2.68 bits per heavy atom.